The molecule has 0 aromatic heterocycles. The predicted octanol–water partition coefficient (Wildman–Crippen LogP) is 0.231. The number of imide groups is 1. The molecule has 18 heavy (non-hydrogen) atoms. The Morgan fingerprint density at radius 2 is 1.83 bits per heavy atom. The Bertz CT molecular complexity index is 323. The summed E-state index contributed by atoms with van der Waals surface area (Å²) in [6, 6.07) is -0.873. The van der Waals surface area contributed by atoms with Crippen molar-refractivity contribution in [2.75, 3.05) is 6.61 Å². The lowest BCUT2D eigenvalue weighted by Crippen LogP contribution is -2.35. The Morgan fingerprint density at radius 1 is 1.22 bits per heavy atom. The monoisotopic (exact) mass is 258 g/mol. The lowest BCUT2D eigenvalue weighted by atomic mass is 9.87. The third-order valence-corrected chi connectivity index (χ3v) is 2.97. The minimum atomic E-state index is -0.873. The van der Waals surface area contributed by atoms with Crippen LogP contribution in [0.15, 0.2) is 0 Å². The number of nitrogens with one attached hydrogen (secondary N) is 1. The van der Waals surface area contributed by atoms with Crippen LogP contribution in [0.2, 0.25) is 0 Å². The average Bonchev–Trinajstić information content (AvgIpc) is 2.28. The normalized spacial score (nSPS) is 23.3. The van der Waals surface area contributed by atoms with E-state index in [0.717, 1.165) is 0 Å². The van der Waals surface area contributed by atoms with Crippen LogP contribution in [0.3, 0.4) is 0 Å². The van der Waals surface area contributed by atoms with Gasteiger partial charge in [-0.1, -0.05) is 0 Å². The van der Waals surface area contributed by atoms with Crippen LogP contribution in [0.4, 0.5) is 4.79 Å². The van der Waals surface area contributed by atoms with Gasteiger partial charge in [0.15, 0.2) is 0 Å². The maximum Gasteiger partial charge on any atom is 0.318 e. The molecule has 0 aromatic carbocycles. The van der Waals surface area contributed by atoms with Gasteiger partial charge in [0.2, 0.25) is 5.91 Å². The number of ether oxygens (including phenoxy) is 1. The van der Waals surface area contributed by atoms with Gasteiger partial charge in [-0.2, -0.15) is 0 Å². The molecule has 0 bridgehead atoms. The number of nitrogens with two attached hydrogens (primary N) is 1. The van der Waals surface area contributed by atoms with Gasteiger partial charge >= 0.3 is 12.0 Å². The first kappa shape index (κ1) is 14.4. The highest BCUT2D eigenvalue weighted by Gasteiger charge is 2.26. The average molecular weight is 258 g/mol. The van der Waals surface area contributed by atoms with E-state index in [1.807, 2.05) is 5.32 Å². The van der Waals surface area contributed by atoms with Crippen molar-refractivity contribution in [1.82, 2.24) is 5.32 Å². The Hall–Kier alpha value is -1.63. The summed E-state index contributed by atoms with van der Waals surface area (Å²) < 4.78 is 5.46. The molecule has 3 amide bonds. The summed E-state index contributed by atoms with van der Waals surface area (Å²) in [5, 5.41) is 10.8. The lowest BCUT2D eigenvalue weighted by molar-refractivity contribution is -0.143. The molecule has 4 N–H and O–H groups in total. The second-order valence-electron chi connectivity index (χ2n) is 4.35. The van der Waals surface area contributed by atoms with Gasteiger partial charge < -0.3 is 15.6 Å². The molecule has 1 rings (SSSR count). The van der Waals surface area contributed by atoms with E-state index in [1.165, 1.54) is 0 Å². The quantitative estimate of drug-likeness (QED) is 0.652. The second-order valence-corrected chi connectivity index (χ2v) is 4.35. The molecule has 0 aromatic rings. The van der Waals surface area contributed by atoms with Crippen molar-refractivity contribution in [3.63, 3.8) is 0 Å². The summed E-state index contributed by atoms with van der Waals surface area (Å²) in [5.41, 5.74) is 4.78. The van der Waals surface area contributed by atoms with Gasteiger partial charge in [0.1, 0.15) is 0 Å². The number of urea groups is 1. The zero-order valence-corrected chi connectivity index (χ0v) is 10.1. The minimum absolute atomic E-state index is 0.00183. The van der Waals surface area contributed by atoms with Gasteiger partial charge in [-0.05, 0) is 25.7 Å². The van der Waals surface area contributed by atoms with Crippen molar-refractivity contribution in [2.24, 2.45) is 11.7 Å². The summed E-state index contributed by atoms with van der Waals surface area (Å²) in [4.78, 5) is 32.2. The third kappa shape index (κ3) is 5.13. The summed E-state index contributed by atoms with van der Waals surface area (Å²) >= 11 is 0. The van der Waals surface area contributed by atoms with Gasteiger partial charge in [-0.25, -0.2) is 4.79 Å². The van der Waals surface area contributed by atoms with Crippen LogP contribution in [0.25, 0.3) is 0 Å². The Morgan fingerprint density at radius 3 is 2.33 bits per heavy atom. The molecule has 1 aliphatic carbocycles. The lowest BCUT2D eigenvalue weighted by Gasteiger charge is -2.26. The van der Waals surface area contributed by atoms with E-state index in [4.69, 9.17) is 15.6 Å². The maximum absolute atomic E-state index is 11.1. The number of carbonyl (C=O) groups excluding carboxylic acids is 2. The fourth-order valence-corrected chi connectivity index (χ4v) is 1.99. The van der Waals surface area contributed by atoms with Crippen LogP contribution >= 0.6 is 0 Å². The first-order valence-corrected chi connectivity index (χ1v) is 5.92. The van der Waals surface area contributed by atoms with Gasteiger partial charge in [-0.15, -0.1) is 0 Å². The van der Waals surface area contributed by atoms with Crippen LogP contribution in [0, 0.1) is 5.92 Å². The molecular formula is C11H18N2O5. The highest BCUT2D eigenvalue weighted by molar-refractivity contribution is 5.93. The smallest absolute Gasteiger partial charge is 0.318 e. The van der Waals surface area contributed by atoms with E-state index < -0.39 is 17.9 Å². The van der Waals surface area contributed by atoms with Crippen molar-refractivity contribution < 1.29 is 24.2 Å². The number of carboxylic acid groups (broad SMARTS) is 1. The molecule has 1 fully saturated rings. The summed E-state index contributed by atoms with van der Waals surface area (Å²) in [5.74, 6) is -1.50. The van der Waals surface area contributed by atoms with Gasteiger partial charge in [0.25, 0.3) is 0 Å². The highest BCUT2D eigenvalue weighted by Crippen LogP contribution is 2.26. The van der Waals surface area contributed by atoms with E-state index in [0.29, 0.717) is 25.7 Å². The molecule has 102 valence electrons. The van der Waals surface area contributed by atoms with E-state index in [9.17, 15) is 14.4 Å². The van der Waals surface area contributed by atoms with Gasteiger partial charge in [-0.3, -0.25) is 14.9 Å². The molecule has 0 atom stereocenters. The molecule has 0 aliphatic heterocycles. The van der Waals surface area contributed by atoms with E-state index in [-0.39, 0.29) is 25.0 Å². The molecule has 0 spiro atoms. The molecule has 1 aliphatic rings. The molecular weight excluding hydrogens is 240 g/mol. The SMILES string of the molecule is NC(=O)NC(=O)CCOC1CCC(C(=O)O)CC1. The highest BCUT2D eigenvalue weighted by atomic mass is 16.5. The van der Waals surface area contributed by atoms with E-state index in [1.54, 1.807) is 0 Å². The van der Waals surface area contributed by atoms with Crippen molar-refractivity contribution in [3.8, 4) is 0 Å². The van der Waals surface area contributed by atoms with Gasteiger partial charge in [0, 0.05) is 0 Å². The van der Waals surface area contributed by atoms with Crippen molar-refractivity contribution in [2.45, 2.75) is 38.2 Å². The maximum atomic E-state index is 11.1. The molecule has 0 radical (unpaired) electrons. The second kappa shape index (κ2) is 6.95. The Labute approximate surface area is 105 Å². The van der Waals surface area contributed by atoms with Crippen LogP contribution < -0.4 is 11.1 Å². The molecule has 7 nitrogen and oxygen atoms in total. The van der Waals surface area contributed by atoms with Crippen LogP contribution in [0.1, 0.15) is 32.1 Å². The Kier molecular flexibility index (Phi) is 5.57. The number of amides is 3. The first-order chi connectivity index (χ1) is 8.49. The summed E-state index contributed by atoms with van der Waals surface area (Å²) in [6.07, 6.45) is 2.66. The van der Waals surface area contributed by atoms with Crippen molar-refractivity contribution in [3.05, 3.63) is 0 Å². The number of hydrogen-bond donors (Lipinski definition) is 3. The summed E-state index contributed by atoms with van der Waals surface area (Å²) in [6.45, 7) is 0.210. The van der Waals surface area contributed by atoms with Crippen LogP contribution in [-0.2, 0) is 14.3 Å². The predicted molar refractivity (Wildman–Crippen MR) is 61.7 cm³/mol. The number of carbonyl (C=O) groups is 3. The van der Waals surface area contributed by atoms with Crippen molar-refractivity contribution >= 4 is 17.9 Å². The number of hydrogen-bond acceptors (Lipinski definition) is 4. The minimum Gasteiger partial charge on any atom is -0.481 e. The number of primary amides is 1. The zero-order chi connectivity index (χ0) is 13.5. The van der Waals surface area contributed by atoms with Crippen LogP contribution in [0.5, 0.6) is 0 Å². The molecule has 1 saturated carbocycles. The van der Waals surface area contributed by atoms with Crippen LogP contribution in [-0.4, -0.2) is 35.7 Å². The first-order valence-electron chi connectivity index (χ1n) is 5.92. The summed E-state index contributed by atoms with van der Waals surface area (Å²) in [7, 11) is 0. The fourth-order valence-electron chi connectivity index (χ4n) is 1.99. The molecule has 0 unspecified atom stereocenters. The fraction of sp³-hybridized carbons (Fsp3) is 0.727. The van der Waals surface area contributed by atoms with Crippen molar-refractivity contribution in [1.29, 1.82) is 0 Å². The molecule has 0 saturated heterocycles. The van der Waals surface area contributed by atoms with E-state index >= 15 is 0 Å². The van der Waals surface area contributed by atoms with Gasteiger partial charge in [0.05, 0.1) is 25.0 Å². The molecule has 7 heteroatoms. The largest absolute Gasteiger partial charge is 0.481 e. The number of carboxylic acids is 1. The van der Waals surface area contributed by atoms with E-state index in [2.05, 4.69) is 0 Å². The topological polar surface area (TPSA) is 119 Å². The third-order valence-electron chi connectivity index (χ3n) is 2.97. The number of rotatable bonds is 5. The molecule has 0 heterocycles. The number of aliphatic carboxylic acids is 1. The zero-order valence-electron chi connectivity index (χ0n) is 10.1. The Balaban J connectivity index is 2.13. The standard InChI is InChI=1S/C11H18N2O5/c12-11(17)13-9(14)5-6-18-8-3-1-7(2-4-8)10(15)16/h7-8H,1-6H2,(H,15,16)(H3,12,13,14,17).